The highest BCUT2D eigenvalue weighted by Crippen LogP contribution is 2.40. The summed E-state index contributed by atoms with van der Waals surface area (Å²) in [6.07, 6.45) is -5.18. The van der Waals surface area contributed by atoms with Crippen LogP contribution in [0.25, 0.3) is 0 Å². The van der Waals surface area contributed by atoms with Gasteiger partial charge in [-0.2, -0.15) is 13.2 Å². The van der Waals surface area contributed by atoms with Gasteiger partial charge in [0.15, 0.2) is 0 Å². The summed E-state index contributed by atoms with van der Waals surface area (Å²) in [4.78, 5) is -0.842. The summed E-state index contributed by atoms with van der Waals surface area (Å²) in [5, 5.41) is 0. The second kappa shape index (κ2) is 7.94. The van der Waals surface area contributed by atoms with Gasteiger partial charge in [-0.15, -0.1) is 11.8 Å². The normalized spacial score (nSPS) is 18.3. The first kappa shape index (κ1) is 9.73. The summed E-state index contributed by atoms with van der Waals surface area (Å²) < 4.78 is 117. The molecule has 2 aromatic carbocycles. The van der Waals surface area contributed by atoms with Crippen molar-refractivity contribution in [2.75, 3.05) is 21.1 Å². The molecule has 0 N–H and O–H groups in total. The maximum atomic E-state index is 14.0. The number of benzene rings is 2. The quantitative estimate of drug-likeness (QED) is 0.664. The van der Waals surface area contributed by atoms with Crippen molar-refractivity contribution in [1.82, 2.24) is 4.90 Å². The van der Waals surface area contributed by atoms with E-state index in [1.807, 2.05) is 0 Å². The number of nitrogens with zero attached hydrogens (tertiary/aromatic N) is 1. The van der Waals surface area contributed by atoms with Crippen molar-refractivity contribution >= 4 is 11.8 Å². The molecular formula is C18H20F3NOS. The number of halogens is 3. The molecule has 130 valence electrons. The highest BCUT2D eigenvalue weighted by Gasteiger charge is 2.34. The fourth-order valence-corrected chi connectivity index (χ4v) is 2.89. The molecule has 24 heavy (non-hydrogen) atoms. The number of hydrogen-bond donors (Lipinski definition) is 0. The van der Waals surface area contributed by atoms with E-state index in [0.29, 0.717) is 23.1 Å². The van der Waals surface area contributed by atoms with E-state index in [1.54, 1.807) is 24.3 Å². The van der Waals surface area contributed by atoms with Crippen LogP contribution in [0.15, 0.2) is 47.3 Å². The number of alkyl halides is 3. The van der Waals surface area contributed by atoms with Crippen LogP contribution >= 0.6 is 11.8 Å². The predicted octanol–water partition coefficient (Wildman–Crippen LogP) is 5.07. The van der Waals surface area contributed by atoms with Gasteiger partial charge in [-0.1, -0.05) is 24.2 Å². The highest BCUT2D eigenvalue weighted by molar-refractivity contribution is 7.98. The van der Waals surface area contributed by atoms with Gasteiger partial charge in [0.25, 0.3) is 0 Å². The van der Waals surface area contributed by atoms with Crippen LogP contribution in [0.4, 0.5) is 13.2 Å². The molecule has 6 heteroatoms. The summed E-state index contributed by atoms with van der Waals surface area (Å²) in [6.45, 7) is -6.45. The van der Waals surface area contributed by atoms with Gasteiger partial charge in [0.05, 0.1) is 16.8 Å². The molecule has 0 atom stereocenters. The van der Waals surface area contributed by atoms with Gasteiger partial charge in [-0.05, 0) is 43.3 Å². The third kappa shape index (κ3) is 4.92. The summed E-state index contributed by atoms with van der Waals surface area (Å²) in [5.74, 6) is 0.363. The fourth-order valence-electron chi connectivity index (χ4n) is 1.83. The Morgan fingerprint density at radius 1 is 1.29 bits per heavy atom. The zero-order valence-corrected chi connectivity index (χ0v) is 13.4. The lowest BCUT2D eigenvalue weighted by molar-refractivity contribution is -0.139. The molecule has 0 saturated heterocycles. The van der Waals surface area contributed by atoms with Gasteiger partial charge >= 0.3 is 6.18 Å². The minimum atomic E-state index is -5.18. The van der Waals surface area contributed by atoms with Crippen molar-refractivity contribution in [2.45, 2.75) is 23.3 Å². The first-order valence-corrected chi connectivity index (χ1v) is 7.60. The lowest BCUT2D eigenvalue weighted by Gasteiger charge is -2.19. The molecule has 0 saturated carbocycles. The lowest BCUT2D eigenvalue weighted by atomic mass is 10.1. The molecule has 0 aromatic heterocycles. The second-order valence-electron chi connectivity index (χ2n) is 4.63. The van der Waals surface area contributed by atoms with E-state index in [1.165, 1.54) is 7.11 Å². The fraction of sp³-hybridized carbons (Fsp3) is 0.333. The average Bonchev–Trinajstić information content (AvgIpc) is 2.68. The molecule has 0 fully saturated rings. The van der Waals surface area contributed by atoms with Crippen LogP contribution in [0.2, 0.25) is 0 Å². The molecule has 0 amide bonds. The zero-order valence-electron chi connectivity index (χ0n) is 21.6. The van der Waals surface area contributed by atoms with E-state index in [2.05, 4.69) is 0 Å². The Morgan fingerprint density at radius 2 is 2.04 bits per heavy atom. The van der Waals surface area contributed by atoms with Crippen LogP contribution in [0, 0.1) is 0 Å². The van der Waals surface area contributed by atoms with Gasteiger partial charge in [0.1, 0.15) is 5.75 Å². The molecule has 0 aliphatic rings. The van der Waals surface area contributed by atoms with Crippen LogP contribution < -0.4 is 4.74 Å². The molecule has 0 heterocycles. The van der Waals surface area contributed by atoms with Crippen molar-refractivity contribution in [2.24, 2.45) is 0 Å². The topological polar surface area (TPSA) is 12.5 Å². The van der Waals surface area contributed by atoms with Gasteiger partial charge in [0.2, 0.25) is 0 Å². The highest BCUT2D eigenvalue weighted by atomic mass is 32.2. The Labute approximate surface area is 157 Å². The molecule has 0 radical (unpaired) electrons. The van der Waals surface area contributed by atoms with Gasteiger partial charge in [-0.25, -0.2) is 0 Å². The van der Waals surface area contributed by atoms with Crippen LogP contribution in [-0.2, 0) is 18.4 Å². The van der Waals surface area contributed by atoms with Crippen LogP contribution in [0.3, 0.4) is 0 Å². The van der Waals surface area contributed by atoms with Crippen LogP contribution in [0.5, 0.6) is 5.75 Å². The number of rotatable bonds is 6. The molecule has 2 aromatic rings. The number of methoxy groups -OCH3 is 1. The van der Waals surface area contributed by atoms with Gasteiger partial charge < -0.3 is 9.64 Å². The average molecular weight is 364 g/mol. The monoisotopic (exact) mass is 364 g/mol. The smallest absolute Gasteiger partial charge is 0.417 e. The molecule has 0 aliphatic heterocycles. The Kier molecular flexibility index (Phi) is 3.22. The van der Waals surface area contributed by atoms with Crippen molar-refractivity contribution < 1.29 is 30.2 Å². The number of ether oxygens (including phenoxy) is 1. The second-order valence-corrected chi connectivity index (χ2v) is 5.61. The number of thioether (sulfide) groups is 1. The first-order chi connectivity index (χ1) is 15.1. The minimum absolute atomic E-state index is 0.0219. The minimum Gasteiger partial charge on any atom is -0.497 e. The third-order valence-corrected chi connectivity index (χ3v) is 4.08. The van der Waals surface area contributed by atoms with Crippen molar-refractivity contribution in [1.29, 1.82) is 0 Å². The van der Waals surface area contributed by atoms with E-state index in [4.69, 9.17) is 17.1 Å². The number of hydrogen-bond acceptors (Lipinski definition) is 3. The molecule has 0 aliphatic carbocycles. The predicted molar refractivity (Wildman–Crippen MR) is 91.4 cm³/mol. The van der Waals surface area contributed by atoms with E-state index < -0.39 is 60.8 Å². The summed E-state index contributed by atoms with van der Waals surface area (Å²) in [7, 11) is 0.285. The zero-order chi connectivity index (χ0) is 25.4. The Morgan fingerprint density at radius 3 is 2.62 bits per heavy atom. The molecule has 0 unspecified atom stereocenters. The van der Waals surface area contributed by atoms with Crippen LogP contribution in [-0.4, -0.2) is 26.0 Å². The van der Waals surface area contributed by atoms with Gasteiger partial charge in [0, 0.05) is 25.4 Å². The molecule has 0 spiro atoms. The van der Waals surface area contributed by atoms with E-state index in [9.17, 15) is 13.2 Å². The Balaban J connectivity index is 2.78. The lowest BCUT2D eigenvalue weighted by Crippen LogP contribution is -2.14. The summed E-state index contributed by atoms with van der Waals surface area (Å²) in [6, 6.07) is 2.72. The van der Waals surface area contributed by atoms with E-state index >= 15 is 0 Å². The Bertz CT molecular complexity index is 998. The summed E-state index contributed by atoms with van der Waals surface area (Å²) in [5.41, 5.74) is -2.13. The van der Waals surface area contributed by atoms with Crippen molar-refractivity contribution in [3.05, 3.63) is 59.1 Å². The first-order valence-electron chi connectivity index (χ1n) is 11.3. The maximum Gasteiger partial charge on any atom is 0.417 e. The van der Waals surface area contributed by atoms with Crippen molar-refractivity contribution in [3.63, 3.8) is 0 Å². The van der Waals surface area contributed by atoms with Crippen molar-refractivity contribution in [3.8, 4) is 5.75 Å². The Hall–Kier alpha value is -1.66. The standard InChI is InChI=1S/C18H20F3NOS/c1-22(2)11-14-5-4-6-16(18(19,20)21)17(14)24-12-13-7-9-15(23-3)10-8-13/h4-10H,11-12H2,1-3H3/i1D,2D3,4D,5D,6D,11D2. The maximum absolute atomic E-state index is 14.0. The largest absolute Gasteiger partial charge is 0.497 e. The summed E-state index contributed by atoms with van der Waals surface area (Å²) >= 11 is 0.474. The molecule has 2 nitrogen and oxygen atoms in total. The molecule has 2 rings (SSSR count). The van der Waals surface area contributed by atoms with Crippen LogP contribution in [0.1, 0.15) is 29.0 Å². The van der Waals surface area contributed by atoms with E-state index in [-0.39, 0.29) is 10.7 Å². The SMILES string of the molecule is [2H]CN(C([2H])([2H])[2H])C([2H])([2H])c1c([2H])c([2H])c([2H])c(C(F)(F)F)c1SCc1ccc(OC)cc1. The molecular weight excluding hydrogens is 335 g/mol. The third-order valence-electron chi connectivity index (χ3n) is 2.90. The van der Waals surface area contributed by atoms with Gasteiger partial charge in [-0.3, -0.25) is 0 Å². The van der Waals surface area contributed by atoms with E-state index in [0.717, 1.165) is 0 Å². The molecule has 0 bridgehead atoms.